The monoisotopic (exact) mass is 293 g/mol. The van der Waals surface area contributed by atoms with Crippen LogP contribution >= 0.6 is 0 Å². The Morgan fingerprint density at radius 2 is 2.00 bits per heavy atom. The van der Waals surface area contributed by atoms with Crippen molar-refractivity contribution in [3.8, 4) is 5.75 Å². The first kappa shape index (κ1) is 17.5. The highest BCUT2D eigenvalue weighted by molar-refractivity contribution is 5.66. The van der Waals surface area contributed by atoms with Gasteiger partial charge in [-0.3, -0.25) is 9.69 Å². The van der Waals surface area contributed by atoms with Crippen LogP contribution in [0.25, 0.3) is 0 Å². The Hall–Kier alpha value is -1.55. The third-order valence-electron chi connectivity index (χ3n) is 3.22. The lowest BCUT2D eigenvalue weighted by molar-refractivity contribution is -0.137. The van der Waals surface area contributed by atoms with Gasteiger partial charge in [0, 0.05) is 19.0 Å². The fourth-order valence-electron chi connectivity index (χ4n) is 2.18. The molecule has 0 aliphatic rings. The number of nitrogens with zero attached hydrogens (tertiary/aromatic N) is 1. The van der Waals surface area contributed by atoms with Gasteiger partial charge in [0.25, 0.3) is 0 Å². The van der Waals surface area contributed by atoms with E-state index in [9.17, 15) is 4.79 Å². The van der Waals surface area contributed by atoms with E-state index >= 15 is 0 Å². The lowest BCUT2D eigenvalue weighted by Crippen LogP contribution is -2.31. The maximum Gasteiger partial charge on any atom is 0.303 e. The van der Waals surface area contributed by atoms with Crippen molar-refractivity contribution in [1.29, 1.82) is 0 Å². The molecule has 1 N–H and O–H groups in total. The average molecular weight is 293 g/mol. The fraction of sp³-hybridized carbons (Fsp3) is 0.588. The summed E-state index contributed by atoms with van der Waals surface area (Å²) in [5.41, 5.74) is 1.19. The van der Waals surface area contributed by atoms with E-state index in [1.807, 2.05) is 26.0 Å². The molecule has 4 nitrogen and oxygen atoms in total. The van der Waals surface area contributed by atoms with Crippen LogP contribution in [-0.4, -0.2) is 34.7 Å². The summed E-state index contributed by atoms with van der Waals surface area (Å²) in [6, 6.07) is 8.50. The minimum Gasteiger partial charge on any atom is -0.491 e. The maximum absolute atomic E-state index is 10.6. The van der Waals surface area contributed by atoms with E-state index in [0.717, 1.165) is 18.8 Å². The van der Waals surface area contributed by atoms with Crippen LogP contribution in [0.4, 0.5) is 0 Å². The van der Waals surface area contributed by atoms with Gasteiger partial charge in [0.1, 0.15) is 5.75 Å². The molecule has 4 heteroatoms. The Morgan fingerprint density at radius 3 is 2.57 bits per heavy atom. The normalized spacial score (nSPS) is 11.4. The number of carboxylic acids is 1. The lowest BCUT2D eigenvalue weighted by Gasteiger charge is -2.26. The Bertz CT molecular complexity index is 443. The quantitative estimate of drug-likeness (QED) is 0.756. The van der Waals surface area contributed by atoms with Gasteiger partial charge in [-0.1, -0.05) is 12.1 Å². The second kappa shape index (κ2) is 8.67. The minimum absolute atomic E-state index is 0.164. The van der Waals surface area contributed by atoms with Crippen LogP contribution in [0.5, 0.6) is 5.75 Å². The molecular weight excluding hydrogens is 266 g/mol. The van der Waals surface area contributed by atoms with Crippen LogP contribution in [-0.2, 0) is 11.3 Å². The largest absolute Gasteiger partial charge is 0.491 e. The van der Waals surface area contributed by atoms with Crippen LogP contribution in [0.1, 0.15) is 46.1 Å². The van der Waals surface area contributed by atoms with Crippen molar-refractivity contribution in [1.82, 2.24) is 4.90 Å². The second-order valence-corrected chi connectivity index (χ2v) is 5.88. The molecule has 0 spiro atoms. The van der Waals surface area contributed by atoms with Gasteiger partial charge in [-0.2, -0.15) is 0 Å². The van der Waals surface area contributed by atoms with Crippen molar-refractivity contribution < 1.29 is 14.6 Å². The standard InChI is InChI=1S/C17H27NO3/c1-13(2)18(10-6-9-17(19)20)12-15-7-5-8-16(11-15)21-14(3)4/h5,7-8,11,13-14H,6,9-10,12H2,1-4H3,(H,19,20). The third-order valence-corrected chi connectivity index (χ3v) is 3.22. The van der Waals surface area contributed by atoms with Crippen molar-refractivity contribution in [2.45, 2.75) is 59.2 Å². The number of rotatable bonds is 9. The first-order chi connectivity index (χ1) is 9.88. The zero-order valence-corrected chi connectivity index (χ0v) is 13.5. The van der Waals surface area contributed by atoms with E-state index in [2.05, 4.69) is 30.9 Å². The highest BCUT2D eigenvalue weighted by Crippen LogP contribution is 2.17. The molecule has 1 aromatic rings. The maximum atomic E-state index is 10.6. The van der Waals surface area contributed by atoms with Crippen LogP contribution < -0.4 is 4.74 Å². The van der Waals surface area contributed by atoms with Gasteiger partial charge < -0.3 is 9.84 Å². The molecule has 118 valence electrons. The van der Waals surface area contributed by atoms with E-state index in [0.29, 0.717) is 12.5 Å². The molecular formula is C17H27NO3. The van der Waals surface area contributed by atoms with Crippen molar-refractivity contribution in [3.63, 3.8) is 0 Å². The molecule has 0 atom stereocenters. The number of hydrogen-bond donors (Lipinski definition) is 1. The Labute approximate surface area is 127 Å². The highest BCUT2D eigenvalue weighted by Gasteiger charge is 2.11. The molecule has 0 heterocycles. The van der Waals surface area contributed by atoms with Crippen molar-refractivity contribution in [2.24, 2.45) is 0 Å². The molecule has 21 heavy (non-hydrogen) atoms. The van der Waals surface area contributed by atoms with Crippen molar-refractivity contribution >= 4 is 5.97 Å². The highest BCUT2D eigenvalue weighted by atomic mass is 16.5. The van der Waals surface area contributed by atoms with Crippen LogP contribution in [0.3, 0.4) is 0 Å². The zero-order valence-electron chi connectivity index (χ0n) is 13.5. The molecule has 0 saturated heterocycles. The van der Waals surface area contributed by atoms with Gasteiger partial charge in [0.2, 0.25) is 0 Å². The number of aliphatic carboxylic acids is 1. The smallest absolute Gasteiger partial charge is 0.303 e. The molecule has 0 radical (unpaired) electrons. The zero-order chi connectivity index (χ0) is 15.8. The number of benzene rings is 1. The minimum atomic E-state index is -0.731. The predicted molar refractivity (Wildman–Crippen MR) is 84.6 cm³/mol. The number of carbonyl (C=O) groups is 1. The van der Waals surface area contributed by atoms with E-state index in [4.69, 9.17) is 9.84 Å². The Balaban J connectivity index is 2.63. The summed E-state index contributed by atoms with van der Waals surface area (Å²) in [5, 5.41) is 8.74. The molecule has 0 bridgehead atoms. The number of ether oxygens (including phenoxy) is 1. The molecule has 0 aromatic heterocycles. The molecule has 0 aliphatic heterocycles. The molecule has 0 fully saturated rings. The van der Waals surface area contributed by atoms with Crippen LogP contribution in [0, 0.1) is 0 Å². The van der Waals surface area contributed by atoms with Gasteiger partial charge in [0.05, 0.1) is 6.10 Å². The molecule has 0 saturated carbocycles. The van der Waals surface area contributed by atoms with E-state index in [1.54, 1.807) is 0 Å². The van der Waals surface area contributed by atoms with Gasteiger partial charge in [0.15, 0.2) is 0 Å². The van der Waals surface area contributed by atoms with Crippen molar-refractivity contribution in [3.05, 3.63) is 29.8 Å². The number of hydrogen-bond acceptors (Lipinski definition) is 3. The van der Waals surface area contributed by atoms with Gasteiger partial charge >= 0.3 is 5.97 Å². The Kier molecular flexibility index (Phi) is 7.23. The summed E-state index contributed by atoms with van der Waals surface area (Å²) in [5.74, 6) is 0.155. The van der Waals surface area contributed by atoms with Gasteiger partial charge in [-0.15, -0.1) is 0 Å². The van der Waals surface area contributed by atoms with Crippen LogP contribution in [0.2, 0.25) is 0 Å². The SMILES string of the molecule is CC(C)Oc1cccc(CN(CCCC(=O)O)C(C)C)c1. The Morgan fingerprint density at radius 1 is 1.29 bits per heavy atom. The van der Waals surface area contributed by atoms with Crippen LogP contribution in [0.15, 0.2) is 24.3 Å². The van der Waals surface area contributed by atoms with E-state index in [1.165, 1.54) is 5.56 Å². The third kappa shape index (κ3) is 7.14. The molecule has 1 aromatic carbocycles. The fourth-order valence-corrected chi connectivity index (χ4v) is 2.18. The summed E-state index contributed by atoms with van der Waals surface area (Å²) in [4.78, 5) is 12.9. The molecule has 0 unspecified atom stereocenters. The second-order valence-electron chi connectivity index (χ2n) is 5.88. The van der Waals surface area contributed by atoms with Gasteiger partial charge in [-0.05, 0) is 58.4 Å². The summed E-state index contributed by atoms with van der Waals surface area (Å²) in [6.07, 6.45) is 1.06. The molecule has 1 rings (SSSR count). The first-order valence-electron chi connectivity index (χ1n) is 7.60. The van der Waals surface area contributed by atoms with Crippen molar-refractivity contribution in [2.75, 3.05) is 6.54 Å². The predicted octanol–water partition coefficient (Wildman–Crippen LogP) is 3.55. The summed E-state index contributed by atoms with van der Waals surface area (Å²) in [6.45, 7) is 9.90. The lowest BCUT2D eigenvalue weighted by atomic mass is 10.1. The van der Waals surface area contributed by atoms with E-state index in [-0.39, 0.29) is 12.5 Å². The van der Waals surface area contributed by atoms with E-state index < -0.39 is 5.97 Å². The number of carboxylic acid groups (broad SMARTS) is 1. The first-order valence-corrected chi connectivity index (χ1v) is 7.60. The summed E-state index contributed by atoms with van der Waals surface area (Å²) < 4.78 is 5.71. The molecule has 0 amide bonds. The molecule has 0 aliphatic carbocycles. The van der Waals surface area contributed by atoms with Gasteiger partial charge in [-0.25, -0.2) is 0 Å². The summed E-state index contributed by atoms with van der Waals surface area (Å²) in [7, 11) is 0. The average Bonchev–Trinajstić information content (AvgIpc) is 2.36. The summed E-state index contributed by atoms with van der Waals surface area (Å²) >= 11 is 0. The topological polar surface area (TPSA) is 49.8 Å².